The van der Waals surface area contributed by atoms with E-state index in [-0.39, 0.29) is 10.9 Å². The number of hydrogen-bond donors (Lipinski definition) is 1. The first kappa shape index (κ1) is 21.6. The molecule has 3 atom stereocenters. The van der Waals surface area contributed by atoms with E-state index >= 15 is 0 Å². The number of fused-ring (bicyclic) bond motifs is 5. The summed E-state index contributed by atoms with van der Waals surface area (Å²) in [4.78, 5) is 15.0. The zero-order valence-corrected chi connectivity index (χ0v) is 17.7. The Hall–Kier alpha value is -2.23. The van der Waals surface area contributed by atoms with Crippen molar-refractivity contribution in [2.45, 2.75) is 44.3 Å². The Labute approximate surface area is 182 Å². The molecule has 0 saturated heterocycles. The molecule has 0 amide bonds. The molecule has 3 heterocycles. The van der Waals surface area contributed by atoms with Crippen LogP contribution in [0.4, 0.5) is 17.6 Å². The summed E-state index contributed by atoms with van der Waals surface area (Å²) < 4.78 is 54.3. The van der Waals surface area contributed by atoms with Gasteiger partial charge in [-0.25, -0.2) is 9.29 Å². The zero-order chi connectivity index (χ0) is 22.8. The molecule has 2 aromatic rings. The monoisotopic (exact) mass is 451 g/mol. The molecule has 0 fully saturated rings. The van der Waals surface area contributed by atoms with E-state index in [4.69, 9.17) is 0 Å². The van der Waals surface area contributed by atoms with Crippen LogP contribution in [-0.4, -0.2) is 70.6 Å². The minimum Gasteiger partial charge on any atom is -0.381 e. The molecular formula is C23H25F4N3O2. The number of halogens is 4. The highest BCUT2D eigenvalue weighted by molar-refractivity contribution is 6.01. The maximum absolute atomic E-state index is 13.7. The highest BCUT2D eigenvalue weighted by atomic mass is 19.4. The minimum absolute atomic E-state index is 0.0860. The van der Waals surface area contributed by atoms with Crippen LogP contribution in [0.2, 0.25) is 0 Å². The second-order valence-corrected chi connectivity index (χ2v) is 9.00. The lowest BCUT2D eigenvalue weighted by Crippen LogP contribution is -2.49. The predicted octanol–water partition coefficient (Wildman–Crippen LogP) is 3.14. The van der Waals surface area contributed by atoms with Gasteiger partial charge < -0.3 is 9.67 Å². The van der Waals surface area contributed by atoms with Crippen LogP contribution in [0.1, 0.15) is 23.2 Å². The summed E-state index contributed by atoms with van der Waals surface area (Å²) >= 11 is 0. The smallest absolute Gasteiger partial charge is 0.381 e. The summed E-state index contributed by atoms with van der Waals surface area (Å²) in [7, 11) is 1.91. The van der Waals surface area contributed by atoms with Crippen molar-refractivity contribution in [3.63, 3.8) is 0 Å². The Morgan fingerprint density at radius 1 is 1.34 bits per heavy atom. The lowest BCUT2D eigenvalue weighted by atomic mass is 9.78. The lowest BCUT2D eigenvalue weighted by Gasteiger charge is -2.40. The van der Waals surface area contributed by atoms with Crippen LogP contribution in [0, 0.1) is 5.92 Å². The van der Waals surface area contributed by atoms with E-state index in [1.165, 1.54) is 22.2 Å². The SMILES string of the molecule is CN1CC(C(=O)CN(CO)C(F)C(F)(F)F)C=C2c3cccc4c3c(c3n4CCC3)CC21. The molecule has 5 nitrogen and oxygen atoms in total. The molecular weight excluding hydrogens is 426 g/mol. The zero-order valence-electron chi connectivity index (χ0n) is 17.7. The number of benzene rings is 1. The molecule has 2 aliphatic heterocycles. The largest absolute Gasteiger partial charge is 0.433 e. The summed E-state index contributed by atoms with van der Waals surface area (Å²) in [5, 5.41) is 10.4. The first-order valence-electron chi connectivity index (χ1n) is 10.8. The highest BCUT2D eigenvalue weighted by Gasteiger charge is 2.45. The van der Waals surface area contributed by atoms with Crippen molar-refractivity contribution in [2.24, 2.45) is 5.92 Å². The maximum atomic E-state index is 13.7. The van der Waals surface area contributed by atoms with Gasteiger partial charge in [-0.2, -0.15) is 13.2 Å². The topological polar surface area (TPSA) is 48.7 Å². The van der Waals surface area contributed by atoms with Crippen molar-refractivity contribution in [3.05, 3.63) is 41.1 Å². The predicted molar refractivity (Wildman–Crippen MR) is 112 cm³/mol. The number of hydrogen-bond acceptors (Lipinski definition) is 4. The van der Waals surface area contributed by atoms with E-state index in [0.29, 0.717) is 6.54 Å². The molecule has 1 aromatic heterocycles. The number of ketones is 1. The number of Topliss-reactive ketones (excluding diaryl/α,β-unsaturated/α-hetero) is 1. The van der Waals surface area contributed by atoms with Gasteiger partial charge >= 0.3 is 6.18 Å². The maximum Gasteiger partial charge on any atom is 0.433 e. The summed E-state index contributed by atoms with van der Waals surface area (Å²) in [5.74, 6) is -1.21. The second-order valence-electron chi connectivity index (χ2n) is 9.00. The Bertz CT molecular complexity index is 1110. The van der Waals surface area contributed by atoms with Gasteiger partial charge in [-0.05, 0) is 49.1 Å². The van der Waals surface area contributed by atoms with Gasteiger partial charge in [0.25, 0.3) is 6.30 Å². The van der Waals surface area contributed by atoms with Crippen LogP contribution in [-0.2, 0) is 24.2 Å². The quantitative estimate of drug-likeness (QED) is 0.431. The van der Waals surface area contributed by atoms with Crippen molar-refractivity contribution in [1.29, 1.82) is 0 Å². The molecule has 0 spiro atoms. The fourth-order valence-corrected chi connectivity index (χ4v) is 5.65. The Morgan fingerprint density at radius 3 is 2.84 bits per heavy atom. The van der Waals surface area contributed by atoms with Crippen molar-refractivity contribution >= 4 is 22.3 Å². The molecule has 32 heavy (non-hydrogen) atoms. The van der Waals surface area contributed by atoms with Crippen molar-refractivity contribution < 1.29 is 27.5 Å². The van der Waals surface area contributed by atoms with Crippen LogP contribution >= 0.6 is 0 Å². The molecule has 1 N–H and O–H groups in total. The van der Waals surface area contributed by atoms with Gasteiger partial charge in [0.05, 0.1) is 19.2 Å². The number of nitrogens with zero attached hydrogens (tertiary/aromatic N) is 3. The van der Waals surface area contributed by atoms with Gasteiger partial charge in [-0.3, -0.25) is 9.69 Å². The molecule has 9 heteroatoms. The van der Waals surface area contributed by atoms with E-state index in [9.17, 15) is 27.5 Å². The molecule has 3 aliphatic rings. The molecule has 0 saturated carbocycles. The number of alkyl halides is 4. The summed E-state index contributed by atoms with van der Waals surface area (Å²) in [6.45, 7) is -0.652. The molecule has 172 valence electrons. The standard InChI is InChI=1S/C23H25F4N3O2/c1-28-10-13(20(32)11-29(12-31)22(24)23(25,26)27)8-15-14-4-2-5-18-21(14)16(9-19(15)28)17-6-3-7-30(17)18/h2,4-5,8,13,19,22,31H,3,6-7,9-12H2,1H3. The summed E-state index contributed by atoms with van der Waals surface area (Å²) in [6.07, 6.45) is -3.67. The lowest BCUT2D eigenvalue weighted by molar-refractivity contribution is -0.231. The number of aryl methyl sites for hydroxylation is 1. The van der Waals surface area contributed by atoms with Crippen LogP contribution in [0.25, 0.3) is 16.5 Å². The molecule has 1 aromatic carbocycles. The number of aliphatic hydroxyl groups is 1. The average Bonchev–Trinajstić information content (AvgIpc) is 3.34. The first-order chi connectivity index (χ1) is 15.2. The van der Waals surface area contributed by atoms with E-state index in [0.717, 1.165) is 36.9 Å². The molecule has 0 bridgehead atoms. The van der Waals surface area contributed by atoms with Gasteiger partial charge in [0, 0.05) is 35.7 Å². The fraction of sp³-hybridized carbons (Fsp3) is 0.522. The van der Waals surface area contributed by atoms with E-state index in [1.54, 1.807) is 0 Å². The first-order valence-corrected chi connectivity index (χ1v) is 10.8. The van der Waals surface area contributed by atoms with Gasteiger partial charge in [0.15, 0.2) is 5.78 Å². The molecule has 3 unspecified atom stereocenters. The normalized spacial score (nSPS) is 23.9. The number of carbonyl (C=O) groups excluding carboxylic acids is 1. The number of aliphatic hydroxyl groups excluding tert-OH is 1. The third-order valence-electron chi connectivity index (χ3n) is 7.11. The average molecular weight is 451 g/mol. The van der Waals surface area contributed by atoms with Gasteiger partial charge in [0.2, 0.25) is 0 Å². The third kappa shape index (κ3) is 3.29. The minimum atomic E-state index is -5.17. The highest BCUT2D eigenvalue weighted by Crippen LogP contribution is 2.44. The number of carbonyl (C=O) groups is 1. The summed E-state index contributed by atoms with van der Waals surface area (Å²) in [5.41, 5.74) is 6.01. The Kier molecular flexibility index (Phi) is 5.18. The second kappa shape index (κ2) is 7.67. The number of likely N-dealkylation sites (N-methyl/N-ethyl adjacent to an activating group) is 1. The Morgan fingerprint density at radius 2 is 2.12 bits per heavy atom. The van der Waals surface area contributed by atoms with E-state index in [1.807, 2.05) is 25.3 Å². The van der Waals surface area contributed by atoms with Crippen LogP contribution in [0.5, 0.6) is 0 Å². The molecule has 0 radical (unpaired) electrons. The number of rotatable bonds is 5. The van der Waals surface area contributed by atoms with Crippen LogP contribution < -0.4 is 0 Å². The molecule has 5 rings (SSSR count). The third-order valence-corrected chi connectivity index (χ3v) is 7.11. The van der Waals surface area contributed by atoms with Crippen LogP contribution in [0.15, 0.2) is 24.3 Å². The molecule has 1 aliphatic carbocycles. The van der Waals surface area contributed by atoms with Crippen molar-refractivity contribution in [2.75, 3.05) is 26.9 Å². The van der Waals surface area contributed by atoms with Crippen LogP contribution in [0.3, 0.4) is 0 Å². The van der Waals surface area contributed by atoms with Crippen molar-refractivity contribution in [1.82, 2.24) is 14.4 Å². The van der Waals surface area contributed by atoms with E-state index in [2.05, 4.69) is 15.5 Å². The van der Waals surface area contributed by atoms with Gasteiger partial charge in [-0.15, -0.1) is 0 Å². The fourth-order valence-electron chi connectivity index (χ4n) is 5.65. The van der Waals surface area contributed by atoms with Crippen molar-refractivity contribution in [3.8, 4) is 0 Å². The van der Waals surface area contributed by atoms with E-state index < -0.39 is 37.4 Å². The van der Waals surface area contributed by atoms with Gasteiger partial charge in [0.1, 0.15) is 0 Å². The number of aromatic nitrogens is 1. The van der Waals surface area contributed by atoms with Gasteiger partial charge in [-0.1, -0.05) is 18.2 Å². The summed E-state index contributed by atoms with van der Waals surface area (Å²) in [6, 6.07) is 6.25. The Balaban J connectivity index is 1.49.